The van der Waals surface area contributed by atoms with E-state index in [4.69, 9.17) is 4.42 Å². The van der Waals surface area contributed by atoms with Crippen LogP contribution in [0.2, 0.25) is 0 Å². The Kier molecular flexibility index (Phi) is 7.94. The maximum absolute atomic E-state index is 6.59. The molecule has 1 aliphatic carbocycles. The van der Waals surface area contributed by atoms with Crippen LogP contribution in [0.5, 0.6) is 0 Å². The van der Waals surface area contributed by atoms with E-state index in [-0.39, 0.29) is 5.41 Å². The van der Waals surface area contributed by atoms with Gasteiger partial charge < -0.3 is 9.32 Å². The van der Waals surface area contributed by atoms with Gasteiger partial charge in [-0.15, -0.1) is 11.3 Å². The minimum Gasteiger partial charge on any atom is -0.456 e. The molecule has 310 valence electrons. The molecule has 0 aliphatic heterocycles. The van der Waals surface area contributed by atoms with Crippen molar-refractivity contribution < 1.29 is 4.42 Å². The summed E-state index contributed by atoms with van der Waals surface area (Å²) in [5.74, 6) is 0. The zero-order valence-electron chi connectivity index (χ0n) is 36.5. The lowest BCUT2D eigenvalue weighted by Crippen LogP contribution is -2.16. The first-order chi connectivity index (χ1) is 32.5. The van der Waals surface area contributed by atoms with Gasteiger partial charge in [0, 0.05) is 42.3 Å². The largest absolute Gasteiger partial charge is 0.456 e. The molecule has 0 bridgehead atoms. The van der Waals surface area contributed by atoms with Crippen LogP contribution >= 0.6 is 11.3 Å². The van der Waals surface area contributed by atoms with E-state index in [2.05, 4.69) is 231 Å². The number of nitrogens with zero attached hydrogens (tertiary/aromatic N) is 1. The Morgan fingerprint density at radius 1 is 0.348 bits per heavy atom. The maximum atomic E-state index is 6.59. The van der Waals surface area contributed by atoms with Gasteiger partial charge in [0.05, 0.1) is 11.1 Å². The summed E-state index contributed by atoms with van der Waals surface area (Å²) >= 11 is 1.88. The molecule has 0 saturated heterocycles. The van der Waals surface area contributed by atoms with Gasteiger partial charge >= 0.3 is 0 Å². The molecule has 1 aliphatic rings. The van der Waals surface area contributed by atoms with Crippen molar-refractivity contribution in [2.45, 2.75) is 19.3 Å². The van der Waals surface area contributed by atoms with E-state index in [0.717, 1.165) is 39.0 Å². The molecule has 2 nitrogen and oxygen atoms in total. The van der Waals surface area contributed by atoms with E-state index in [9.17, 15) is 0 Å². The van der Waals surface area contributed by atoms with Crippen molar-refractivity contribution >= 4 is 124 Å². The summed E-state index contributed by atoms with van der Waals surface area (Å²) in [6.45, 7) is 4.73. The van der Waals surface area contributed by atoms with Crippen LogP contribution in [0.25, 0.3) is 107 Å². The number of hydrogen-bond acceptors (Lipinski definition) is 3. The number of hydrogen-bond donors (Lipinski definition) is 0. The molecule has 0 amide bonds. The molecule has 11 aromatic carbocycles. The van der Waals surface area contributed by atoms with E-state index < -0.39 is 0 Å². The maximum Gasteiger partial charge on any atom is 0.137 e. The fraction of sp³-hybridized carbons (Fsp3) is 0.0476. The quantitative estimate of drug-likeness (QED) is 0.176. The van der Waals surface area contributed by atoms with E-state index >= 15 is 0 Å². The predicted octanol–water partition coefficient (Wildman–Crippen LogP) is 18.6. The molecule has 0 saturated carbocycles. The monoisotopic (exact) mass is 859 g/mol. The topological polar surface area (TPSA) is 16.4 Å². The lowest BCUT2D eigenvalue weighted by atomic mass is 9.82. The van der Waals surface area contributed by atoms with Crippen molar-refractivity contribution in [1.29, 1.82) is 0 Å². The minimum absolute atomic E-state index is 0.172. The molecule has 0 spiro atoms. The van der Waals surface area contributed by atoms with Gasteiger partial charge in [0.15, 0.2) is 0 Å². The molecular weight excluding hydrogens is 819 g/mol. The lowest BCUT2D eigenvalue weighted by molar-refractivity contribution is 0.660. The summed E-state index contributed by atoms with van der Waals surface area (Å²) in [5, 5.41) is 17.0. The number of anilines is 3. The van der Waals surface area contributed by atoms with Crippen molar-refractivity contribution in [2.24, 2.45) is 0 Å². The van der Waals surface area contributed by atoms with Gasteiger partial charge in [-0.1, -0.05) is 172 Å². The normalized spacial score (nSPS) is 13.1. The summed E-state index contributed by atoms with van der Waals surface area (Å²) in [6.07, 6.45) is 0. The molecule has 3 heteroatoms. The van der Waals surface area contributed by atoms with E-state index in [0.29, 0.717) is 0 Å². The summed E-state index contributed by atoms with van der Waals surface area (Å²) in [4.78, 5) is 2.48. The van der Waals surface area contributed by atoms with Gasteiger partial charge in [0.1, 0.15) is 11.2 Å². The predicted molar refractivity (Wildman–Crippen MR) is 284 cm³/mol. The van der Waals surface area contributed by atoms with E-state index in [1.807, 2.05) is 11.3 Å². The molecule has 66 heavy (non-hydrogen) atoms. The molecule has 0 radical (unpaired) electrons. The highest BCUT2D eigenvalue weighted by Crippen LogP contribution is 2.52. The second-order valence-corrected chi connectivity index (χ2v) is 19.4. The third-order valence-corrected chi connectivity index (χ3v) is 15.6. The van der Waals surface area contributed by atoms with Crippen molar-refractivity contribution in [3.05, 3.63) is 223 Å². The average molecular weight is 860 g/mol. The summed E-state index contributed by atoms with van der Waals surface area (Å²) in [7, 11) is 0. The van der Waals surface area contributed by atoms with Crippen LogP contribution in [0.4, 0.5) is 17.1 Å². The summed E-state index contributed by atoms with van der Waals surface area (Å²) in [6, 6.07) is 78.8. The Balaban J connectivity index is 1.17. The third kappa shape index (κ3) is 5.29. The summed E-state index contributed by atoms with van der Waals surface area (Å²) in [5.41, 5.74) is 10.1. The fourth-order valence-electron chi connectivity index (χ4n) is 11.5. The van der Waals surface area contributed by atoms with Crippen molar-refractivity contribution in [3.63, 3.8) is 0 Å². The highest BCUT2D eigenvalue weighted by molar-refractivity contribution is 7.26. The highest BCUT2D eigenvalue weighted by Gasteiger charge is 2.36. The van der Waals surface area contributed by atoms with Gasteiger partial charge in [-0.25, -0.2) is 0 Å². The van der Waals surface area contributed by atoms with Crippen LogP contribution in [-0.4, -0.2) is 0 Å². The van der Waals surface area contributed by atoms with Gasteiger partial charge in [-0.3, -0.25) is 0 Å². The second-order valence-electron chi connectivity index (χ2n) is 18.3. The zero-order valence-corrected chi connectivity index (χ0v) is 37.3. The Bertz CT molecular complexity index is 4280. The Labute approximate surface area is 385 Å². The number of rotatable bonds is 3. The number of para-hydroxylation sites is 1. The first-order valence-corrected chi connectivity index (χ1v) is 23.6. The first-order valence-electron chi connectivity index (χ1n) is 22.8. The van der Waals surface area contributed by atoms with Crippen LogP contribution < -0.4 is 4.90 Å². The van der Waals surface area contributed by atoms with Crippen LogP contribution in [0, 0.1) is 0 Å². The van der Waals surface area contributed by atoms with Crippen LogP contribution in [0.1, 0.15) is 25.0 Å². The van der Waals surface area contributed by atoms with Crippen molar-refractivity contribution in [2.75, 3.05) is 4.90 Å². The Morgan fingerprint density at radius 3 is 1.65 bits per heavy atom. The number of thiophene rings is 1. The summed E-state index contributed by atoms with van der Waals surface area (Å²) < 4.78 is 9.19. The van der Waals surface area contributed by atoms with Gasteiger partial charge in [-0.05, 0) is 131 Å². The fourth-order valence-corrected chi connectivity index (χ4v) is 12.6. The van der Waals surface area contributed by atoms with Gasteiger partial charge in [0.25, 0.3) is 0 Å². The Morgan fingerprint density at radius 2 is 0.879 bits per heavy atom. The molecule has 0 N–H and O–H groups in total. The van der Waals surface area contributed by atoms with Crippen LogP contribution in [-0.2, 0) is 5.41 Å². The smallest absolute Gasteiger partial charge is 0.137 e. The number of fused-ring (bicyclic) bond motifs is 20. The van der Waals surface area contributed by atoms with Crippen LogP contribution in [0.15, 0.2) is 217 Å². The van der Waals surface area contributed by atoms with Crippen molar-refractivity contribution in [1.82, 2.24) is 0 Å². The molecule has 2 heterocycles. The highest BCUT2D eigenvalue weighted by atomic mass is 32.1. The molecule has 14 rings (SSSR count). The number of furan rings is 1. The molecule has 13 aromatic rings. The SMILES string of the molecule is CC1(C)c2ccccc2-c2ccc(N(c3ccc4c(c3)c3ccccc3c3ccccc3c3ccccc3c3c4ccc4sc5ccccc5c43)c3cccc4oc5ccccc5c34)cc21. The molecular formula is C63H41NOS. The minimum atomic E-state index is -0.172. The molecule has 0 fully saturated rings. The lowest BCUT2D eigenvalue weighted by Gasteiger charge is -2.29. The first kappa shape index (κ1) is 37.4. The van der Waals surface area contributed by atoms with Crippen LogP contribution in [0.3, 0.4) is 0 Å². The van der Waals surface area contributed by atoms with E-state index in [1.165, 1.54) is 96.3 Å². The molecule has 0 unspecified atom stereocenters. The third-order valence-electron chi connectivity index (χ3n) is 14.5. The van der Waals surface area contributed by atoms with E-state index in [1.54, 1.807) is 0 Å². The van der Waals surface area contributed by atoms with Gasteiger partial charge in [-0.2, -0.15) is 0 Å². The second kappa shape index (κ2) is 14.0. The molecule has 0 atom stereocenters. The number of benzene rings is 10. The van der Waals surface area contributed by atoms with Gasteiger partial charge in [0.2, 0.25) is 0 Å². The molecule has 2 aromatic heterocycles. The average Bonchev–Trinajstić information content (AvgIpc) is 4.01. The Hall–Kier alpha value is -7.98. The standard InChI is InChI=1S/C63H41NOS/c1-63(2)53-25-12-9-21-46(53)47-33-31-39(37-54(47)63)64(55-26-15-28-57-61(55)50-23-10-13-27-56(50)65-57)38-30-32-45-49-34-35-59-62(51-24-11-14-29-58(51)66-59)60(49)48-22-8-7-19-43(48)41-17-4-3-16-40(41)42-18-5-6-20-44(42)52(45)36-38/h3-37H,1-2H3. The zero-order chi connectivity index (χ0) is 43.7. The van der Waals surface area contributed by atoms with Crippen molar-refractivity contribution in [3.8, 4) is 11.1 Å².